The van der Waals surface area contributed by atoms with Crippen molar-refractivity contribution in [3.05, 3.63) is 41.4 Å². The lowest BCUT2D eigenvalue weighted by Gasteiger charge is -2.20. The van der Waals surface area contributed by atoms with Gasteiger partial charge >= 0.3 is 0 Å². The second-order valence-electron chi connectivity index (χ2n) is 6.24. The molecule has 3 N–H and O–H groups in total. The molecule has 1 heterocycles. The first kappa shape index (κ1) is 18.0. The molecule has 2 aromatic rings. The predicted molar refractivity (Wildman–Crippen MR) is 101 cm³/mol. The number of thiazole rings is 1. The second kappa shape index (κ2) is 8.55. The number of nitrogens with zero attached hydrogens (tertiary/aromatic N) is 1. The Morgan fingerprint density at radius 3 is 2.64 bits per heavy atom. The molecule has 25 heavy (non-hydrogen) atoms. The van der Waals surface area contributed by atoms with Gasteiger partial charge in [-0.15, -0.1) is 11.3 Å². The van der Waals surface area contributed by atoms with E-state index in [2.05, 4.69) is 15.0 Å². The number of benzene rings is 1. The second-order valence-corrected chi connectivity index (χ2v) is 7.84. The quantitative estimate of drug-likeness (QED) is 0.634. The number of carbonyl (C=O) groups excluding carboxylic acids is 1. The molecule has 1 fully saturated rings. The molecule has 0 spiro atoms. The first-order valence-electron chi connectivity index (χ1n) is 8.29. The van der Waals surface area contributed by atoms with Crippen LogP contribution in [0.2, 0.25) is 0 Å². The van der Waals surface area contributed by atoms with Crippen molar-refractivity contribution in [1.29, 1.82) is 0 Å². The number of anilines is 2. The fraction of sp³-hybridized carbons (Fsp3) is 0.412. The molecule has 0 bridgehead atoms. The topological polar surface area (TPSA) is 91.3 Å². The van der Waals surface area contributed by atoms with E-state index in [0.29, 0.717) is 16.7 Å². The summed E-state index contributed by atoms with van der Waals surface area (Å²) in [4.78, 5) is 16.9. The third kappa shape index (κ3) is 5.10. The van der Waals surface area contributed by atoms with Gasteiger partial charge in [0.1, 0.15) is 0 Å². The average Bonchev–Trinajstić information content (AvgIpc) is 3.26. The molecule has 1 amide bonds. The Balaban J connectivity index is 1.76. The lowest BCUT2D eigenvalue weighted by atomic mass is 9.87. The number of hydrogen-bond acceptors (Lipinski definition) is 4. The molecule has 6 nitrogen and oxygen atoms in total. The van der Waals surface area contributed by atoms with Gasteiger partial charge in [0.05, 0.1) is 5.92 Å². The van der Waals surface area contributed by atoms with Crippen LogP contribution in [0, 0.1) is 5.92 Å². The number of hydrogen-bond donors (Lipinski definition) is 3. The third-order valence-electron chi connectivity index (χ3n) is 4.54. The maximum absolute atomic E-state index is 12.8. The van der Waals surface area contributed by atoms with E-state index in [0.717, 1.165) is 12.0 Å². The van der Waals surface area contributed by atoms with Gasteiger partial charge in [-0.25, -0.2) is 9.19 Å². The van der Waals surface area contributed by atoms with Crippen molar-refractivity contribution in [2.45, 2.75) is 38.0 Å². The number of carbonyl (C=O) groups is 1. The van der Waals surface area contributed by atoms with Crippen LogP contribution in [0.25, 0.3) is 0 Å². The molecule has 134 valence electrons. The van der Waals surface area contributed by atoms with Crippen LogP contribution < -0.4 is 10.0 Å². The maximum atomic E-state index is 12.8. The highest BCUT2D eigenvalue weighted by molar-refractivity contribution is 7.80. The van der Waals surface area contributed by atoms with Gasteiger partial charge in [0.15, 0.2) is 5.13 Å². The average molecular weight is 380 g/mol. The molecule has 0 saturated heterocycles. The summed E-state index contributed by atoms with van der Waals surface area (Å²) in [6.07, 6.45) is 7.29. The Kier molecular flexibility index (Phi) is 6.17. The molecule has 0 aliphatic heterocycles. The first-order chi connectivity index (χ1) is 12.1. The Labute approximate surface area is 153 Å². The van der Waals surface area contributed by atoms with Crippen molar-refractivity contribution in [1.82, 2.24) is 4.98 Å². The van der Waals surface area contributed by atoms with E-state index in [-0.39, 0.29) is 11.8 Å². The minimum Gasteiger partial charge on any atom is -0.301 e. The molecule has 3 rings (SSSR count). The van der Waals surface area contributed by atoms with Gasteiger partial charge in [-0.2, -0.15) is 0 Å². The summed E-state index contributed by atoms with van der Waals surface area (Å²) in [5, 5.41) is 5.34. The van der Waals surface area contributed by atoms with E-state index in [1.165, 1.54) is 37.0 Å². The Morgan fingerprint density at radius 2 is 2.04 bits per heavy atom. The Hall–Kier alpha value is -1.77. The number of rotatable bonds is 7. The van der Waals surface area contributed by atoms with Crippen LogP contribution in [0.4, 0.5) is 10.8 Å². The molecule has 2 atom stereocenters. The van der Waals surface area contributed by atoms with Crippen LogP contribution in [0.1, 0.15) is 43.6 Å². The van der Waals surface area contributed by atoms with Crippen LogP contribution in [0.3, 0.4) is 0 Å². The summed E-state index contributed by atoms with van der Waals surface area (Å²) in [5.41, 5.74) is 1.46. The summed E-state index contributed by atoms with van der Waals surface area (Å²) < 4.78 is 22.2. The van der Waals surface area contributed by atoms with Gasteiger partial charge in [0.25, 0.3) is 11.3 Å². The fourth-order valence-corrected chi connectivity index (χ4v) is 4.21. The zero-order chi connectivity index (χ0) is 17.6. The summed E-state index contributed by atoms with van der Waals surface area (Å²) >= 11 is -0.703. The maximum Gasteiger partial charge on any atom is 0.259 e. The van der Waals surface area contributed by atoms with E-state index < -0.39 is 11.3 Å². The van der Waals surface area contributed by atoms with E-state index in [4.69, 9.17) is 4.55 Å². The summed E-state index contributed by atoms with van der Waals surface area (Å²) in [5.74, 6) is 0.267. The van der Waals surface area contributed by atoms with Crippen LogP contribution in [-0.4, -0.2) is 19.7 Å². The molecule has 1 aromatic heterocycles. The van der Waals surface area contributed by atoms with Crippen LogP contribution >= 0.6 is 11.3 Å². The van der Waals surface area contributed by atoms with E-state index in [9.17, 15) is 9.00 Å². The lowest BCUT2D eigenvalue weighted by molar-refractivity contribution is -0.118. The zero-order valence-electron chi connectivity index (χ0n) is 13.7. The monoisotopic (exact) mass is 379 g/mol. The molecule has 1 aliphatic carbocycles. The van der Waals surface area contributed by atoms with Gasteiger partial charge < -0.3 is 5.32 Å². The molecule has 1 aliphatic rings. The minimum absolute atomic E-state index is 0.0479. The smallest absolute Gasteiger partial charge is 0.259 e. The molecule has 1 aromatic carbocycles. The van der Waals surface area contributed by atoms with E-state index in [1.807, 2.05) is 17.5 Å². The van der Waals surface area contributed by atoms with Gasteiger partial charge in [0, 0.05) is 17.3 Å². The molecule has 1 saturated carbocycles. The van der Waals surface area contributed by atoms with Crippen molar-refractivity contribution >= 4 is 39.3 Å². The summed E-state index contributed by atoms with van der Waals surface area (Å²) in [6.45, 7) is 0. The SMILES string of the molecule is O=C(Nc1nccs1)C(CC1CCCC1)c1ccc(NS(=O)O)cc1. The predicted octanol–water partition coefficient (Wildman–Crippen LogP) is 3.99. The Bertz CT molecular complexity index is 713. The molecular formula is C17H21N3O3S2. The molecule has 0 radical (unpaired) electrons. The summed E-state index contributed by atoms with van der Waals surface area (Å²) in [6, 6.07) is 7.13. The van der Waals surface area contributed by atoms with E-state index in [1.54, 1.807) is 18.3 Å². The van der Waals surface area contributed by atoms with Crippen LogP contribution in [0.5, 0.6) is 0 Å². The zero-order valence-corrected chi connectivity index (χ0v) is 15.3. The highest BCUT2D eigenvalue weighted by Gasteiger charge is 2.27. The number of aromatic nitrogens is 1. The highest BCUT2D eigenvalue weighted by atomic mass is 32.2. The third-order valence-corrected chi connectivity index (χ3v) is 5.64. The van der Waals surface area contributed by atoms with Gasteiger partial charge in [-0.3, -0.25) is 14.1 Å². The van der Waals surface area contributed by atoms with Crippen molar-refractivity contribution in [3.63, 3.8) is 0 Å². The largest absolute Gasteiger partial charge is 0.301 e. The summed E-state index contributed by atoms with van der Waals surface area (Å²) in [7, 11) is 0. The highest BCUT2D eigenvalue weighted by Crippen LogP contribution is 2.35. The van der Waals surface area contributed by atoms with Crippen molar-refractivity contribution in [3.8, 4) is 0 Å². The number of nitrogens with one attached hydrogen (secondary N) is 2. The fourth-order valence-electron chi connectivity index (χ4n) is 3.34. The first-order valence-corrected chi connectivity index (χ1v) is 10.3. The normalized spacial score (nSPS) is 17.2. The van der Waals surface area contributed by atoms with Crippen LogP contribution in [-0.2, 0) is 16.1 Å². The van der Waals surface area contributed by atoms with Gasteiger partial charge in [-0.05, 0) is 30.0 Å². The molecule has 2 unspecified atom stereocenters. The number of amides is 1. The van der Waals surface area contributed by atoms with Crippen molar-refractivity contribution < 1.29 is 13.6 Å². The Morgan fingerprint density at radius 1 is 1.32 bits per heavy atom. The van der Waals surface area contributed by atoms with Crippen molar-refractivity contribution in [2.24, 2.45) is 5.92 Å². The minimum atomic E-state index is -2.10. The van der Waals surface area contributed by atoms with Gasteiger partial charge in [0.2, 0.25) is 5.91 Å². The molecule has 8 heteroatoms. The van der Waals surface area contributed by atoms with E-state index >= 15 is 0 Å². The molecular weight excluding hydrogens is 358 g/mol. The van der Waals surface area contributed by atoms with Crippen LogP contribution in [0.15, 0.2) is 35.8 Å². The van der Waals surface area contributed by atoms with Gasteiger partial charge in [-0.1, -0.05) is 37.8 Å². The lowest BCUT2D eigenvalue weighted by Crippen LogP contribution is -2.23. The van der Waals surface area contributed by atoms with Crippen molar-refractivity contribution in [2.75, 3.05) is 10.0 Å². The standard InChI is InChI=1S/C17H21N3O3S2/c21-16(19-17-18-9-10-24-17)15(11-12-3-1-2-4-12)13-5-7-14(8-6-13)20-25(22)23/h5-10,12,15,20H,1-4,11H2,(H,22,23)(H,18,19,21).